The van der Waals surface area contributed by atoms with E-state index in [-0.39, 0.29) is 5.92 Å². The predicted molar refractivity (Wildman–Crippen MR) is 55.6 cm³/mol. The number of aldehydes is 1. The molecule has 1 rings (SSSR count). The van der Waals surface area contributed by atoms with Gasteiger partial charge in [-0.1, -0.05) is 6.92 Å². The molecule has 0 bridgehead atoms. The fourth-order valence-corrected chi connectivity index (χ4v) is 2.39. The van der Waals surface area contributed by atoms with Gasteiger partial charge >= 0.3 is 0 Å². The molecule has 66 valence electrons. The number of rotatable bonds is 4. The fourth-order valence-electron chi connectivity index (χ4n) is 0.923. The first-order valence-electron chi connectivity index (χ1n) is 3.90. The Kier molecular flexibility index (Phi) is 3.95. The van der Waals surface area contributed by atoms with Gasteiger partial charge in [-0.25, -0.2) is 0 Å². The third kappa shape index (κ3) is 3.07. The largest absolute Gasteiger partial charge is 0.303 e. The van der Waals surface area contributed by atoms with Crippen LogP contribution in [0, 0.1) is 5.92 Å². The number of aryl methyl sites for hydroxylation is 1. The first-order valence-corrected chi connectivity index (χ1v) is 5.58. The van der Waals surface area contributed by atoms with E-state index >= 15 is 0 Å². The molecule has 1 aromatic heterocycles. The Morgan fingerprint density at radius 1 is 1.75 bits per heavy atom. The highest BCUT2D eigenvalue weighted by Crippen LogP contribution is 2.21. The molecule has 0 aromatic carbocycles. The van der Waals surface area contributed by atoms with Crippen molar-refractivity contribution < 1.29 is 4.79 Å². The molecule has 0 N–H and O–H groups in total. The Hall–Kier alpha value is -0.150. The van der Waals surface area contributed by atoms with Crippen LogP contribution in [0.1, 0.15) is 18.2 Å². The smallest absolute Gasteiger partial charge is 0.122 e. The number of hydrogen-bond acceptors (Lipinski definition) is 2. The van der Waals surface area contributed by atoms with Gasteiger partial charge in [0.05, 0.1) is 0 Å². The molecule has 3 heteroatoms. The lowest BCUT2D eigenvalue weighted by Gasteiger charge is -1.99. The van der Waals surface area contributed by atoms with E-state index < -0.39 is 0 Å². The average molecular weight is 247 g/mol. The molecule has 0 amide bonds. The van der Waals surface area contributed by atoms with Crippen molar-refractivity contribution in [3.8, 4) is 0 Å². The van der Waals surface area contributed by atoms with Crippen molar-refractivity contribution in [2.75, 3.05) is 0 Å². The Bertz CT molecular complexity index is 257. The van der Waals surface area contributed by atoms with Crippen LogP contribution in [0.4, 0.5) is 0 Å². The van der Waals surface area contributed by atoms with Crippen LogP contribution in [-0.4, -0.2) is 6.29 Å². The summed E-state index contributed by atoms with van der Waals surface area (Å²) in [4.78, 5) is 11.7. The van der Waals surface area contributed by atoms with Crippen molar-refractivity contribution in [3.05, 3.63) is 20.8 Å². The van der Waals surface area contributed by atoms with E-state index in [1.54, 1.807) is 11.3 Å². The Labute approximate surface area is 84.9 Å². The third-order valence-corrected chi connectivity index (χ3v) is 3.46. The quantitative estimate of drug-likeness (QED) is 0.746. The minimum absolute atomic E-state index is 0.186. The number of carbonyl (C=O) groups excluding carboxylic acids is 1. The van der Waals surface area contributed by atoms with Gasteiger partial charge in [0.1, 0.15) is 6.29 Å². The summed E-state index contributed by atoms with van der Waals surface area (Å²) in [5.74, 6) is 0.186. The number of carbonyl (C=O) groups is 1. The van der Waals surface area contributed by atoms with E-state index in [1.165, 1.54) is 4.88 Å². The van der Waals surface area contributed by atoms with E-state index in [1.807, 2.05) is 6.92 Å². The van der Waals surface area contributed by atoms with Gasteiger partial charge in [-0.05, 0) is 34.8 Å². The maximum Gasteiger partial charge on any atom is 0.122 e. The Balaban J connectivity index is 2.37. The molecule has 0 aliphatic carbocycles. The van der Waals surface area contributed by atoms with Crippen LogP contribution in [0.5, 0.6) is 0 Å². The summed E-state index contributed by atoms with van der Waals surface area (Å²) in [5, 5.41) is 2.07. The number of thiophene rings is 1. The zero-order valence-corrected chi connectivity index (χ0v) is 9.32. The summed E-state index contributed by atoms with van der Waals surface area (Å²) in [5.41, 5.74) is 0. The van der Waals surface area contributed by atoms with Crippen LogP contribution in [0.3, 0.4) is 0 Å². The molecular weight excluding hydrogens is 236 g/mol. The lowest BCUT2D eigenvalue weighted by Crippen LogP contribution is -1.96. The van der Waals surface area contributed by atoms with E-state index in [2.05, 4.69) is 27.4 Å². The van der Waals surface area contributed by atoms with Gasteiger partial charge in [0.15, 0.2) is 0 Å². The maximum atomic E-state index is 10.3. The van der Waals surface area contributed by atoms with Crippen LogP contribution in [0.2, 0.25) is 0 Å². The standard InChI is InChI=1S/C9H11BrOS/c1-7(5-11)2-3-9-4-8(10)6-12-9/h4-7H,2-3H2,1H3. The molecule has 1 aromatic rings. The third-order valence-electron chi connectivity index (χ3n) is 1.70. The maximum absolute atomic E-state index is 10.3. The summed E-state index contributed by atoms with van der Waals surface area (Å²) in [7, 11) is 0. The van der Waals surface area contributed by atoms with Crippen LogP contribution < -0.4 is 0 Å². The van der Waals surface area contributed by atoms with E-state index in [4.69, 9.17) is 0 Å². The second-order valence-corrected chi connectivity index (χ2v) is 4.79. The monoisotopic (exact) mass is 246 g/mol. The highest BCUT2D eigenvalue weighted by atomic mass is 79.9. The van der Waals surface area contributed by atoms with Gasteiger partial charge in [-0.3, -0.25) is 0 Å². The summed E-state index contributed by atoms with van der Waals surface area (Å²) < 4.78 is 1.14. The highest BCUT2D eigenvalue weighted by Gasteiger charge is 2.02. The average Bonchev–Trinajstić information content (AvgIpc) is 2.47. The van der Waals surface area contributed by atoms with Gasteiger partial charge < -0.3 is 4.79 Å². The van der Waals surface area contributed by atoms with E-state index in [0.717, 1.165) is 23.6 Å². The lowest BCUT2D eigenvalue weighted by atomic mass is 10.1. The second-order valence-electron chi connectivity index (χ2n) is 2.88. The molecule has 0 saturated carbocycles. The first kappa shape index (κ1) is 9.93. The molecule has 1 unspecified atom stereocenters. The lowest BCUT2D eigenvalue weighted by molar-refractivity contribution is -0.110. The topological polar surface area (TPSA) is 17.1 Å². The molecule has 1 heterocycles. The van der Waals surface area contributed by atoms with E-state index in [9.17, 15) is 4.79 Å². The minimum atomic E-state index is 0.186. The SMILES string of the molecule is CC(C=O)CCc1cc(Br)cs1. The Morgan fingerprint density at radius 2 is 2.50 bits per heavy atom. The van der Waals surface area contributed by atoms with Crippen molar-refractivity contribution in [2.45, 2.75) is 19.8 Å². The molecular formula is C9H11BrOS. The van der Waals surface area contributed by atoms with Gasteiger partial charge in [0.2, 0.25) is 0 Å². The first-order chi connectivity index (χ1) is 5.72. The van der Waals surface area contributed by atoms with Crippen molar-refractivity contribution in [2.24, 2.45) is 5.92 Å². The molecule has 0 saturated heterocycles. The van der Waals surface area contributed by atoms with Crippen LogP contribution in [0.25, 0.3) is 0 Å². The number of hydrogen-bond donors (Lipinski definition) is 0. The second kappa shape index (κ2) is 4.77. The van der Waals surface area contributed by atoms with Gasteiger partial charge in [-0.2, -0.15) is 0 Å². The van der Waals surface area contributed by atoms with Gasteiger partial charge in [-0.15, -0.1) is 11.3 Å². The normalized spacial score (nSPS) is 12.8. The summed E-state index contributed by atoms with van der Waals surface area (Å²) in [6, 6.07) is 2.11. The zero-order chi connectivity index (χ0) is 8.97. The van der Waals surface area contributed by atoms with E-state index in [0.29, 0.717) is 0 Å². The van der Waals surface area contributed by atoms with Crippen molar-refractivity contribution in [1.82, 2.24) is 0 Å². The van der Waals surface area contributed by atoms with Crippen LogP contribution in [0.15, 0.2) is 15.9 Å². The molecule has 0 radical (unpaired) electrons. The van der Waals surface area contributed by atoms with Crippen molar-refractivity contribution in [3.63, 3.8) is 0 Å². The Morgan fingerprint density at radius 3 is 3.00 bits per heavy atom. The fraction of sp³-hybridized carbons (Fsp3) is 0.444. The highest BCUT2D eigenvalue weighted by molar-refractivity contribution is 9.10. The number of halogens is 1. The zero-order valence-electron chi connectivity index (χ0n) is 6.92. The van der Waals surface area contributed by atoms with Crippen LogP contribution >= 0.6 is 27.3 Å². The minimum Gasteiger partial charge on any atom is -0.303 e. The van der Waals surface area contributed by atoms with Crippen LogP contribution in [-0.2, 0) is 11.2 Å². The molecule has 0 aliphatic rings. The molecule has 0 fully saturated rings. The van der Waals surface area contributed by atoms with Gasteiger partial charge in [0.25, 0.3) is 0 Å². The summed E-state index contributed by atoms with van der Waals surface area (Å²) in [6.45, 7) is 1.95. The molecule has 12 heavy (non-hydrogen) atoms. The predicted octanol–water partition coefficient (Wildman–Crippen LogP) is 3.28. The molecule has 0 spiro atoms. The molecule has 1 nitrogen and oxygen atoms in total. The summed E-state index contributed by atoms with van der Waals surface area (Å²) >= 11 is 5.14. The van der Waals surface area contributed by atoms with Gasteiger partial charge in [0, 0.05) is 20.6 Å². The molecule has 1 atom stereocenters. The van der Waals surface area contributed by atoms with Crippen molar-refractivity contribution in [1.29, 1.82) is 0 Å². The van der Waals surface area contributed by atoms with Crippen molar-refractivity contribution >= 4 is 33.6 Å². The molecule has 0 aliphatic heterocycles. The summed E-state index contributed by atoms with van der Waals surface area (Å²) in [6.07, 6.45) is 2.98.